The van der Waals surface area contributed by atoms with Crippen LogP contribution in [0.3, 0.4) is 0 Å². The van der Waals surface area contributed by atoms with Gasteiger partial charge in [-0.25, -0.2) is 0 Å². The summed E-state index contributed by atoms with van der Waals surface area (Å²) in [5, 5.41) is 11.8. The largest absolute Gasteiger partial charge is 0.305 e. The van der Waals surface area contributed by atoms with Crippen LogP contribution in [-0.4, -0.2) is 37.1 Å². The number of nitriles is 1. The third kappa shape index (κ3) is 2.97. The van der Waals surface area contributed by atoms with Crippen molar-refractivity contribution in [3.63, 3.8) is 0 Å². The van der Waals surface area contributed by atoms with Crippen LogP contribution in [0.15, 0.2) is 0 Å². The fourth-order valence-electron chi connectivity index (χ4n) is 2.27. The van der Waals surface area contributed by atoms with Gasteiger partial charge in [0.2, 0.25) is 0 Å². The summed E-state index contributed by atoms with van der Waals surface area (Å²) < 4.78 is 0. The number of hydrogen-bond donors (Lipinski definition) is 1. The molecule has 0 aromatic heterocycles. The Kier molecular flexibility index (Phi) is 4.37. The first kappa shape index (κ1) is 11.5. The second-order valence-corrected chi connectivity index (χ2v) is 4.44. The SMILES string of the molecule is CNC(C#N)CCN1CC(C)CC1C. The lowest BCUT2D eigenvalue weighted by Gasteiger charge is -2.21. The molecule has 0 aliphatic carbocycles. The average molecular weight is 195 g/mol. The minimum Gasteiger partial charge on any atom is -0.305 e. The fraction of sp³-hybridized carbons (Fsp3) is 0.909. The smallest absolute Gasteiger partial charge is 0.0962 e. The monoisotopic (exact) mass is 195 g/mol. The second kappa shape index (κ2) is 5.33. The van der Waals surface area contributed by atoms with Crippen molar-refractivity contribution in [2.24, 2.45) is 5.92 Å². The molecule has 3 atom stereocenters. The Morgan fingerprint density at radius 3 is 2.71 bits per heavy atom. The number of nitrogens with one attached hydrogen (secondary N) is 1. The van der Waals surface area contributed by atoms with Gasteiger partial charge in [0.25, 0.3) is 0 Å². The topological polar surface area (TPSA) is 39.1 Å². The van der Waals surface area contributed by atoms with E-state index in [4.69, 9.17) is 5.26 Å². The van der Waals surface area contributed by atoms with Crippen LogP contribution in [0.25, 0.3) is 0 Å². The van der Waals surface area contributed by atoms with Gasteiger partial charge < -0.3 is 10.2 Å². The van der Waals surface area contributed by atoms with Gasteiger partial charge in [0.15, 0.2) is 0 Å². The van der Waals surface area contributed by atoms with Gasteiger partial charge >= 0.3 is 0 Å². The van der Waals surface area contributed by atoms with E-state index in [9.17, 15) is 0 Å². The predicted octanol–water partition coefficient (Wildman–Crippen LogP) is 1.22. The normalized spacial score (nSPS) is 30.1. The molecule has 0 aromatic rings. The van der Waals surface area contributed by atoms with E-state index in [1.54, 1.807) is 0 Å². The lowest BCUT2D eigenvalue weighted by molar-refractivity contribution is 0.256. The first-order chi connectivity index (χ1) is 6.67. The molecule has 0 amide bonds. The van der Waals surface area contributed by atoms with Crippen LogP contribution in [0.1, 0.15) is 26.7 Å². The summed E-state index contributed by atoms with van der Waals surface area (Å²) in [4.78, 5) is 2.49. The maximum atomic E-state index is 8.79. The summed E-state index contributed by atoms with van der Waals surface area (Å²) in [5.41, 5.74) is 0. The highest BCUT2D eigenvalue weighted by molar-refractivity contribution is 4.90. The standard InChI is InChI=1S/C11H21N3/c1-9-6-10(2)14(8-9)5-4-11(7-12)13-3/h9-11,13H,4-6,8H2,1-3H3. The molecule has 1 fully saturated rings. The highest BCUT2D eigenvalue weighted by atomic mass is 15.2. The maximum Gasteiger partial charge on any atom is 0.0962 e. The molecule has 80 valence electrons. The summed E-state index contributed by atoms with van der Waals surface area (Å²) in [6.07, 6.45) is 2.24. The van der Waals surface area contributed by atoms with E-state index < -0.39 is 0 Å². The van der Waals surface area contributed by atoms with Gasteiger partial charge in [0.05, 0.1) is 12.1 Å². The summed E-state index contributed by atoms with van der Waals surface area (Å²) >= 11 is 0. The van der Waals surface area contributed by atoms with Gasteiger partial charge in [-0.05, 0) is 32.7 Å². The van der Waals surface area contributed by atoms with E-state index in [1.807, 2.05) is 7.05 Å². The van der Waals surface area contributed by atoms with E-state index in [-0.39, 0.29) is 6.04 Å². The third-order valence-electron chi connectivity index (χ3n) is 3.12. The molecule has 3 unspecified atom stereocenters. The Hall–Kier alpha value is -0.590. The van der Waals surface area contributed by atoms with Gasteiger partial charge in [0, 0.05) is 19.1 Å². The van der Waals surface area contributed by atoms with Gasteiger partial charge in [-0.2, -0.15) is 5.26 Å². The number of likely N-dealkylation sites (tertiary alicyclic amines) is 1. The average Bonchev–Trinajstić information content (AvgIpc) is 2.47. The summed E-state index contributed by atoms with van der Waals surface area (Å²) in [7, 11) is 1.85. The zero-order valence-electron chi connectivity index (χ0n) is 9.45. The van der Waals surface area contributed by atoms with Crippen LogP contribution in [0.2, 0.25) is 0 Å². The van der Waals surface area contributed by atoms with Crippen LogP contribution in [-0.2, 0) is 0 Å². The van der Waals surface area contributed by atoms with Crippen molar-refractivity contribution in [3.05, 3.63) is 0 Å². The van der Waals surface area contributed by atoms with Crippen LogP contribution in [0, 0.1) is 17.2 Å². The molecule has 1 saturated heterocycles. The molecular weight excluding hydrogens is 174 g/mol. The minimum absolute atomic E-state index is 0.0121. The number of nitrogens with zero attached hydrogens (tertiary/aromatic N) is 2. The summed E-state index contributed by atoms with van der Waals surface area (Å²) in [6.45, 7) is 6.83. The van der Waals surface area contributed by atoms with Crippen molar-refractivity contribution in [1.82, 2.24) is 10.2 Å². The molecular formula is C11H21N3. The van der Waals surface area contributed by atoms with Crippen molar-refractivity contribution in [3.8, 4) is 6.07 Å². The van der Waals surface area contributed by atoms with E-state index >= 15 is 0 Å². The van der Waals surface area contributed by atoms with Crippen LogP contribution >= 0.6 is 0 Å². The Balaban J connectivity index is 2.28. The molecule has 3 heteroatoms. The van der Waals surface area contributed by atoms with Crippen LogP contribution in [0.5, 0.6) is 0 Å². The lowest BCUT2D eigenvalue weighted by Crippen LogP contribution is -2.33. The molecule has 1 aliphatic rings. The molecule has 1 rings (SSSR count). The molecule has 0 bridgehead atoms. The predicted molar refractivity (Wildman–Crippen MR) is 57.9 cm³/mol. The third-order valence-corrected chi connectivity index (χ3v) is 3.12. The van der Waals surface area contributed by atoms with E-state index in [1.165, 1.54) is 13.0 Å². The zero-order chi connectivity index (χ0) is 10.6. The Labute approximate surface area is 87.1 Å². The van der Waals surface area contributed by atoms with Crippen molar-refractivity contribution >= 4 is 0 Å². The van der Waals surface area contributed by atoms with Crippen molar-refractivity contribution in [2.45, 2.75) is 38.8 Å². The molecule has 3 nitrogen and oxygen atoms in total. The molecule has 0 saturated carbocycles. The summed E-state index contributed by atoms with van der Waals surface area (Å²) in [5.74, 6) is 0.820. The number of hydrogen-bond acceptors (Lipinski definition) is 3. The minimum atomic E-state index is 0.0121. The highest BCUT2D eigenvalue weighted by Gasteiger charge is 2.25. The zero-order valence-corrected chi connectivity index (χ0v) is 9.45. The highest BCUT2D eigenvalue weighted by Crippen LogP contribution is 2.22. The van der Waals surface area contributed by atoms with Gasteiger partial charge in [-0.3, -0.25) is 0 Å². The van der Waals surface area contributed by atoms with Crippen molar-refractivity contribution < 1.29 is 0 Å². The number of rotatable bonds is 4. The Bertz CT molecular complexity index is 209. The van der Waals surface area contributed by atoms with Crippen LogP contribution < -0.4 is 5.32 Å². The van der Waals surface area contributed by atoms with Gasteiger partial charge in [0.1, 0.15) is 0 Å². The molecule has 1 heterocycles. The maximum absolute atomic E-state index is 8.79. The fourth-order valence-corrected chi connectivity index (χ4v) is 2.27. The van der Waals surface area contributed by atoms with Crippen molar-refractivity contribution in [1.29, 1.82) is 5.26 Å². The van der Waals surface area contributed by atoms with E-state index in [2.05, 4.69) is 30.1 Å². The van der Waals surface area contributed by atoms with Gasteiger partial charge in [-0.15, -0.1) is 0 Å². The lowest BCUT2D eigenvalue weighted by atomic mass is 10.1. The van der Waals surface area contributed by atoms with E-state index in [0.29, 0.717) is 6.04 Å². The van der Waals surface area contributed by atoms with Crippen molar-refractivity contribution in [2.75, 3.05) is 20.1 Å². The Morgan fingerprint density at radius 2 is 2.29 bits per heavy atom. The van der Waals surface area contributed by atoms with E-state index in [0.717, 1.165) is 18.9 Å². The molecule has 0 spiro atoms. The second-order valence-electron chi connectivity index (χ2n) is 4.44. The summed E-state index contributed by atoms with van der Waals surface area (Å²) in [6, 6.07) is 2.97. The Morgan fingerprint density at radius 1 is 1.57 bits per heavy atom. The molecule has 14 heavy (non-hydrogen) atoms. The van der Waals surface area contributed by atoms with Crippen LogP contribution in [0.4, 0.5) is 0 Å². The molecule has 1 aliphatic heterocycles. The molecule has 0 radical (unpaired) electrons. The quantitative estimate of drug-likeness (QED) is 0.733. The first-order valence-corrected chi connectivity index (χ1v) is 5.48. The first-order valence-electron chi connectivity index (χ1n) is 5.48. The molecule has 0 aromatic carbocycles. The molecule has 1 N–H and O–H groups in total. The van der Waals surface area contributed by atoms with Gasteiger partial charge in [-0.1, -0.05) is 6.92 Å².